The molecule has 108 valence electrons. The van der Waals surface area contributed by atoms with Crippen molar-refractivity contribution in [2.45, 2.75) is 30.8 Å². The normalized spacial score (nSPS) is 21.7. The van der Waals surface area contributed by atoms with E-state index in [1.165, 1.54) is 17.1 Å². The molecule has 1 saturated heterocycles. The Bertz CT molecular complexity index is 508. The molecule has 2 unspecified atom stereocenters. The van der Waals surface area contributed by atoms with Crippen LogP contribution in [0.5, 0.6) is 0 Å². The summed E-state index contributed by atoms with van der Waals surface area (Å²) in [5, 5.41) is 3.97. The van der Waals surface area contributed by atoms with Crippen molar-refractivity contribution in [2.75, 3.05) is 19.8 Å². The van der Waals surface area contributed by atoms with Crippen LogP contribution in [0.1, 0.15) is 13.3 Å². The maximum atomic E-state index is 12.2. The van der Waals surface area contributed by atoms with E-state index >= 15 is 0 Å². The van der Waals surface area contributed by atoms with Gasteiger partial charge < -0.3 is 10.5 Å². The molecule has 0 saturated carbocycles. The second-order valence-corrected chi connectivity index (χ2v) is 6.48. The predicted molar refractivity (Wildman–Crippen MR) is 70.0 cm³/mol. The van der Waals surface area contributed by atoms with Crippen molar-refractivity contribution in [3.05, 3.63) is 12.4 Å². The number of nitrogens with two attached hydrogens (primary N) is 1. The number of hydrogen-bond acceptors (Lipinski definition) is 5. The molecule has 3 N–H and O–H groups in total. The van der Waals surface area contributed by atoms with Gasteiger partial charge in [-0.2, -0.15) is 5.10 Å². The quantitative estimate of drug-likeness (QED) is 0.738. The molecule has 1 fully saturated rings. The van der Waals surface area contributed by atoms with Crippen LogP contribution in [0.15, 0.2) is 17.3 Å². The third kappa shape index (κ3) is 3.53. The van der Waals surface area contributed by atoms with Crippen molar-refractivity contribution in [1.29, 1.82) is 0 Å². The number of nitrogens with one attached hydrogen (secondary N) is 1. The van der Waals surface area contributed by atoms with E-state index in [0.717, 1.165) is 6.42 Å². The van der Waals surface area contributed by atoms with Crippen LogP contribution in [0.2, 0.25) is 0 Å². The molecule has 19 heavy (non-hydrogen) atoms. The van der Waals surface area contributed by atoms with Crippen molar-refractivity contribution in [3.8, 4) is 0 Å². The molecule has 8 heteroatoms. The topological polar surface area (TPSA) is 99.2 Å². The molecule has 1 aliphatic rings. The maximum absolute atomic E-state index is 12.2. The Kier molecular flexibility index (Phi) is 4.56. The lowest BCUT2D eigenvalue weighted by atomic mass is 10.0. The standard InChI is InChI=1S/C11H20N4O3S/c1-9(10-2-5-18-8-10)14-19(16,17)11-6-13-15(7-11)4-3-12/h6-7,9-10,14H,2-5,8,12H2,1H3. The second-order valence-electron chi connectivity index (χ2n) is 4.76. The Morgan fingerprint density at radius 2 is 2.47 bits per heavy atom. The van der Waals surface area contributed by atoms with E-state index in [4.69, 9.17) is 10.5 Å². The van der Waals surface area contributed by atoms with Gasteiger partial charge in [-0.25, -0.2) is 13.1 Å². The Morgan fingerprint density at radius 3 is 3.11 bits per heavy atom. The minimum absolute atomic E-state index is 0.148. The zero-order valence-corrected chi connectivity index (χ0v) is 11.8. The largest absolute Gasteiger partial charge is 0.381 e. The van der Waals surface area contributed by atoms with Crippen molar-refractivity contribution in [2.24, 2.45) is 11.7 Å². The third-order valence-corrected chi connectivity index (χ3v) is 4.80. The van der Waals surface area contributed by atoms with E-state index in [-0.39, 0.29) is 16.9 Å². The summed E-state index contributed by atoms with van der Waals surface area (Å²) in [5.74, 6) is 0.230. The number of aromatic nitrogens is 2. The summed E-state index contributed by atoms with van der Waals surface area (Å²) in [6.07, 6.45) is 3.72. The molecule has 0 radical (unpaired) electrons. The summed E-state index contributed by atoms with van der Waals surface area (Å²) >= 11 is 0. The molecule has 0 spiro atoms. The second kappa shape index (κ2) is 6.00. The van der Waals surface area contributed by atoms with Gasteiger partial charge in [-0.3, -0.25) is 4.68 Å². The fraction of sp³-hybridized carbons (Fsp3) is 0.727. The van der Waals surface area contributed by atoms with E-state index in [0.29, 0.717) is 26.3 Å². The van der Waals surface area contributed by atoms with Gasteiger partial charge in [-0.1, -0.05) is 0 Å². The Morgan fingerprint density at radius 1 is 1.68 bits per heavy atom. The van der Waals surface area contributed by atoms with Gasteiger partial charge in [0, 0.05) is 31.3 Å². The maximum Gasteiger partial charge on any atom is 0.243 e. The lowest BCUT2D eigenvalue weighted by Gasteiger charge is -2.18. The highest BCUT2D eigenvalue weighted by Crippen LogP contribution is 2.18. The van der Waals surface area contributed by atoms with Crippen LogP contribution in [-0.2, 0) is 21.3 Å². The van der Waals surface area contributed by atoms with Gasteiger partial charge in [0.25, 0.3) is 0 Å². The van der Waals surface area contributed by atoms with Crippen molar-refractivity contribution < 1.29 is 13.2 Å². The van der Waals surface area contributed by atoms with Crippen LogP contribution < -0.4 is 10.5 Å². The highest BCUT2D eigenvalue weighted by atomic mass is 32.2. The summed E-state index contributed by atoms with van der Waals surface area (Å²) in [7, 11) is -3.52. The first-order valence-electron chi connectivity index (χ1n) is 6.35. The number of hydrogen-bond donors (Lipinski definition) is 2. The summed E-state index contributed by atoms with van der Waals surface area (Å²) in [6.45, 7) is 4.09. The summed E-state index contributed by atoms with van der Waals surface area (Å²) in [6, 6.07) is -0.148. The molecule has 1 aliphatic heterocycles. The third-order valence-electron chi connectivity index (χ3n) is 3.29. The van der Waals surface area contributed by atoms with Crippen LogP contribution in [0, 0.1) is 5.92 Å². The zero-order valence-electron chi connectivity index (χ0n) is 10.9. The predicted octanol–water partition coefficient (Wildman–Crippen LogP) is -0.455. The highest BCUT2D eigenvalue weighted by Gasteiger charge is 2.27. The van der Waals surface area contributed by atoms with Crippen LogP contribution in [-0.4, -0.2) is 44.0 Å². The van der Waals surface area contributed by atoms with E-state index in [1.54, 1.807) is 0 Å². The molecule has 0 aromatic carbocycles. The number of rotatable bonds is 6. The Labute approximate surface area is 113 Å². The molecule has 1 aromatic heterocycles. The SMILES string of the molecule is CC(NS(=O)(=O)c1cnn(CCN)c1)C1CCOC1. The number of ether oxygens (including phenoxy) is 1. The number of sulfonamides is 1. The fourth-order valence-corrected chi connectivity index (χ4v) is 3.36. The summed E-state index contributed by atoms with van der Waals surface area (Å²) in [5.41, 5.74) is 5.40. The molecular weight excluding hydrogens is 268 g/mol. The van der Waals surface area contributed by atoms with E-state index in [9.17, 15) is 8.42 Å². The molecule has 2 heterocycles. The van der Waals surface area contributed by atoms with Gasteiger partial charge in [-0.05, 0) is 13.3 Å². The first-order chi connectivity index (χ1) is 9.03. The minimum Gasteiger partial charge on any atom is -0.381 e. The van der Waals surface area contributed by atoms with Crippen LogP contribution >= 0.6 is 0 Å². The Balaban J connectivity index is 2.03. The first kappa shape index (κ1) is 14.4. The molecule has 0 aliphatic carbocycles. The van der Waals surface area contributed by atoms with Gasteiger partial charge >= 0.3 is 0 Å². The van der Waals surface area contributed by atoms with Crippen LogP contribution in [0.25, 0.3) is 0 Å². The average Bonchev–Trinajstić information content (AvgIpc) is 2.99. The molecule has 0 amide bonds. The van der Waals surface area contributed by atoms with Gasteiger partial charge in [0.15, 0.2) is 0 Å². The van der Waals surface area contributed by atoms with E-state index < -0.39 is 10.0 Å². The van der Waals surface area contributed by atoms with Gasteiger partial charge in [0.2, 0.25) is 10.0 Å². The fourth-order valence-electron chi connectivity index (χ4n) is 2.09. The molecule has 1 aromatic rings. The lowest BCUT2D eigenvalue weighted by Crippen LogP contribution is -2.38. The van der Waals surface area contributed by atoms with E-state index in [2.05, 4.69) is 9.82 Å². The summed E-state index contributed by atoms with van der Waals surface area (Å²) in [4.78, 5) is 0.173. The Hall–Kier alpha value is -0.960. The molecule has 2 rings (SSSR count). The minimum atomic E-state index is -3.52. The van der Waals surface area contributed by atoms with Crippen molar-refractivity contribution >= 4 is 10.0 Å². The summed E-state index contributed by atoms with van der Waals surface area (Å²) < 4.78 is 33.8. The van der Waals surface area contributed by atoms with Gasteiger partial charge in [0.1, 0.15) is 4.90 Å². The smallest absolute Gasteiger partial charge is 0.243 e. The van der Waals surface area contributed by atoms with Crippen LogP contribution in [0.4, 0.5) is 0 Å². The lowest BCUT2D eigenvalue weighted by molar-refractivity contribution is 0.180. The van der Waals surface area contributed by atoms with E-state index in [1.807, 2.05) is 6.92 Å². The van der Waals surface area contributed by atoms with Crippen molar-refractivity contribution in [3.63, 3.8) is 0 Å². The monoisotopic (exact) mass is 288 g/mol. The zero-order chi connectivity index (χ0) is 13.9. The molecular formula is C11H20N4O3S. The van der Waals surface area contributed by atoms with Crippen LogP contribution in [0.3, 0.4) is 0 Å². The van der Waals surface area contributed by atoms with Gasteiger partial charge in [0.05, 0.1) is 19.3 Å². The van der Waals surface area contributed by atoms with Gasteiger partial charge in [-0.15, -0.1) is 0 Å². The average molecular weight is 288 g/mol. The first-order valence-corrected chi connectivity index (χ1v) is 7.84. The number of nitrogens with zero attached hydrogens (tertiary/aromatic N) is 2. The molecule has 7 nitrogen and oxygen atoms in total. The van der Waals surface area contributed by atoms with Crippen molar-refractivity contribution in [1.82, 2.24) is 14.5 Å². The molecule has 2 atom stereocenters. The highest BCUT2D eigenvalue weighted by molar-refractivity contribution is 7.89. The molecule has 0 bridgehead atoms.